The van der Waals surface area contributed by atoms with Crippen molar-refractivity contribution in [2.24, 2.45) is 14.1 Å². The maximum atomic E-state index is 13.7. The van der Waals surface area contributed by atoms with Crippen molar-refractivity contribution in [1.29, 1.82) is 5.26 Å². The smallest absolute Gasteiger partial charge is 0.331 e. The van der Waals surface area contributed by atoms with Gasteiger partial charge in [-0.25, -0.2) is 4.79 Å². The molecule has 182 valence electrons. The van der Waals surface area contributed by atoms with Gasteiger partial charge in [0.15, 0.2) is 6.10 Å². The van der Waals surface area contributed by atoms with Gasteiger partial charge in [0.05, 0.1) is 39.6 Å². The van der Waals surface area contributed by atoms with E-state index in [1.54, 1.807) is 19.2 Å². The Labute approximate surface area is 213 Å². The molecule has 6 rings (SSSR count). The fourth-order valence-corrected chi connectivity index (χ4v) is 5.22. The van der Waals surface area contributed by atoms with E-state index in [1.165, 1.54) is 11.6 Å². The minimum absolute atomic E-state index is 0.358. The number of rotatable bonds is 2. The molecule has 5 aromatic rings. The van der Waals surface area contributed by atoms with Gasteiger partial charge in [-0.3, -0.25) is 13.9 Å². The van der Waals surface area contributed by atoms with E-state index in [-0.39, 0.29) is 5.56 Å². The lowest BCUT2D eigenvalue weighted by molar-refractivity contribution is 0.229. The number of aromatic nitrogens is 3. The molecule has 1 atom stereocenters. The fourth-order valence-electron chi connectivity index (χ4n) is 5.22. The molecule has 0 saturated carbocycles. The minimum atomic E-state index is -0.609. The van der Waals surface area contributed by atoms with Gasteiger partial charge in [0, 0.05) is 14.1 Å². The highest BCUT2D eigenvalue weighted by Crippen LogP contribution is 2.46. The van der Waals surface area contributed by atoms with Gasteiger partial charge in [-0.15, -0.1) is 0 Å². The van der Waals surface area contributed by atoms with E-state index < -0.39 is 11.8 Å². The Morgan fingerprint density at radius 2 is 1.54 bits per heavy atom. The summed E-state index contributed by atoms with van der Waals surface area (Å²) >= 11 is 0. The highest BCUT2D eigenvalue weighted by atomic mass is 16.5. The summed E-state index contributed by atoms with van der Waals surface area (Å²) in [5, 5.41) is 9.76. The van der Waals surface area contributed by atoms with Gasteiger partial charge >= 0.3 is 5.69 Å². The van der Waals surface area contributed by atoms with Gasteiger partial charge in [0.2, 0.25) is 0 Å². The third kappa shape index (κ3) is 3.26. The SMILES string of the molecule is Cc1ccc(-c2c3c(=O)n(C)c(=O)n(C)c3c3n2-c2cc(C)ccc2OC3c2ccc(C#N)cc2)cc1. The maximum absolute atomic E-state index is 13.7. The summed E-state index contributed by atoms with van der Waals surface area (Å²) in [6.45, 7) is 4.03. The molecule has 0 spiro atoms. The van der Waals surface area contributed by atoms with Gasteiger partial charge in [-0.05, 0) is 54.8 Å². The van der Waals surface area contributed by atoms with Crippen molar-refractivity contribution in [3.8, 4) is 28.8 Å². The zero-order valence-corrected chi connectivity index (χ0v) is 20.9. The predicted octanol–water partition coefficient (Wildman–Crippen LogP) is 4.67. The van der Waals surface area contributed by atoms with E-state index in [0.717, 1.165) is 38.2 Å². The molecular weight excluding hydrogens is 464 g/mol. The van der Waals surface area contributed by atoms with Crippen LogP contribution in [0.5, 0.6) is 5.75 Å². The van der Waals surface area contributed by atoms with Crippen LogP contribution in [0, 0.1) is 25.2 Å². The molecule has 1 aliphatic rings. The molecule has 0 fully saturated rings. The molecule has 0 bridgehead atoms. The maximum Gasteiger partial charge on any atom is 0.331 e. The third-order valence-corrected chi connectivity index (χ3v) is 7.12. The minimum Gasteiger partial charge on any atom is -0.477 e. The second kappa shape index (κ2) is 8.10. The van der Waals surface area contributed by atoms with E-state index in [1.807, 2.05) is 68.4 Å². The molecular formula is C30H24N4O3. The Morgan fingerprint density at radius 3 is 2.22 bits per heavy atom. The van der Waals surface area contributed by atoms with E-state index in [9.17, 15) is 14.9 Å². The molecule has 3 heterocycles. The van der Waals surface area contributed by atoms with Crippen LogP contribution in [-0.2, 0) is 14.1 Å². The average Bonchev–Trinajstić information content (AvgIpc) is 3.27. The Hall–Kier alpha value is -4.83. The second-order valence-electron chi connectivity index (χ2n) is 9.57. The summed E-state index contributed by atoms with van der Waals surface area (Å²) in [6.07, 6.45) is -0.609. The van der Waals surface area contributed by atoms with Crippen LogP contribution >= 0.6 is 0 Å². The number of benzene rings is 3. The number of nitrogens with zero attached hydrogens (tertiary/aromatic N) is 4. The van der Waals surface area contributed by atoms with Crippen LogP contribution < -0.4 is 16.0 Å². The molecule has 0 saturated heterocycles. The van der Waals surface area contributed by atoms with E-state index in [4.69, 9.17) is 4.74 Å². The number of ether oxygens (including phenoxy) is 1. The van der Waals surface area contributed by atoms with Crippen molar-refractivity contribution >= 4 is 10.9 Å². The molecule has 0 amide bonds. The first-order valence-electron chi connectivity index (χ1n) is 12.0. The zero-order valence-electron chi connectivity index (χ0n) is 20.9. The summed E-state index contributed by atoms with van der Waals surface area (Å²) in [5.74, 6) is 0.669. The Balaban J connectivity index is 1.84. The summed E-state index contributed by atoms with van der Waals surface area (Å²) in [4.78, 5) is 26.9. The summed E-state index contributed by atoms with van der Waals surface area (Å²) in [6, 6.07) is 23.4. The van der Waals surface area contributed by atoms with Gasteiger partial charge in [-0.2, -0.15) is 5.26 Å². The molecule has 37 heavy (non-hydrogen) atoms. The quantitative estimate of drug-likeness (QED) is 0.362. The summed E-state index contributed by atoms with van der Waals surface area (Å²) < 4.78 is 11.3. The molecule has 1 unspecified atom stereocenters. The first-order chi connectivity index (χ1) is 17.8. The Morgan fingerprint density at radius 1 is 0.865 bits per heavy atom. The first kappa shape index (κ1) is 22.6. The van der Waals surface area contributed by atoms with Crippen LogP contribution in [0.2, 0.25) is 0 Å². The Bertz CT molecular complexity index is 1880. The molecule has 0 radical (unpaired) electrons. The van der Waals surface area contributed by atoms with Crippen LogP contribution in [0.25, 0.3) is 27.8 Å². The van der Waals surface area contributed by atoms with Crippen LogP contribution in [-0.4, -0.2) is 13.7 Å². The largest absolute Gasteiger partial charge is 0.477 e. The van der Waals surface area contributed by atoms with Crippen LogP contribution in [0.4, 0.5) is 0 Å². The number of aryl methyl sites for hydroxylation is 3. The number of hydrogen-bond donors (Lipinski definition) is 0. The normalized spacial score (nSPS) is 14.1. The number of fused-ring (bicyclic) bond motifs is 5. The van der Waals surface area contributed by atoms with Gasteiger partial charge in [0.1, 0.15) is 5.75 Å². The lowest BCUT2D eigenvalue weighted by Gasteiger charge is -2.30. The number of nitriles is 1. The molecule has 0 N–H and O–H groups in total. The standard InChI is InChI=1S/C30H24N4O3/c1-17-5-10-20(11-6-17)25-24-26(32(3)30(36)33(4)29(24)35)27-28(21-12-8-19(16-31)9-13-21)37-23-14-7-18(2)15-22(23)34(25)27/h5-15,28H,1-4H3. The lowest BCUT2D eigenvalue weighted by Crippen LogP contribution is -2.37. The van der Waals surface area contributed by atoms with Crippen molar-refractivity contribution in [3.63, 3.8) is 0 Å². The summed E-state index contributed by atoms with van der Waals surface area (Å²) in [7, 11) is 3.19. The van der Waals surface area contributed by atoms with Crippen molar-refractivity contribution < 1.29 is 4.74 Å². The number of hydrogen-bond acceptors (Lipinski definition) is 4. The molecule has 2 aromatic heterocycles. The zero-order chi connectivity index (χ0) is 26.0. The van der Waals surface area contributed by atoms with Gasteiger partial charge in [0.25, 0.3) is 5.56 Å². The fraction of sp³-hybridized carbons (Fsp3) is 0.167. The Kier molecular flexibility index (Phi) is 4.95. The van der Waals surface area contributed by atoms with Crippen LogP contribution in [0.1, 0.15) is 34.1 Å². The second-order valence-corrected chi connectivity index (χ2v) is 9.57. The van der Waals surface area contributed by atoms with E-state index in [0.29, 0.717) is 27.9 Å². The molecule has 7 heteroatoms. The molecule has 0 aliphatic carbocycles. The predicted molar refractivity (Wildman–Crippen MR) is 142 cm³/mol. The van der Waals surface area contributed by atoms with Crippen molar-refractivity contribution in [2.75, 3.05) is 0 Å². The van der Waals surface area contributed by atoms with Crippen molar-refractivity contribution in [2.45, 2.75) is 20.0 Å². The summed E-state index contributed by atoms with van der Waals surface area (Å²) in [5.41, 5.74) is 6.36. The third-order valence-electron chi connectivity index (χ3n) is 7.12. The highest BCUT2D eigenvalue weighted by molar-refractivity contribution is 5.98. The van der Waals surface area contributed by atoms with Gasteiger partial charge in [-0.1, -0.05) is 48.0 Å². The monoisotopic (exact) mass is 488 g/mol. The van der Waals surface area contributed by atoms with Crippen molar-refractivity contribution in [1.82, 2.24) is 13.7 Å². The molecule has 3 aromatic carbocycles. The molecule has 1 aliphatic heterocycles. The molecule has 7 nitrogen and oxygen atoms in total. The topological polar surface area (TPSA) is 81.9 Å². The lowest BCUT2D eigenvalue weighted by atomic mass is 10.0. The van der Waals surface area contributed by atoms with E-state index in [2.05, 4.69) is 10.6 Å². The average molecular weight is 489 g/mol. The highest BCUT2D eigenvalue weighted by Gasteiger charge is 2.36. The van der Waals surface area contributed by atoms with Crippen LogP contribution in [0.15, 0.2) is 76.3 Å². The van der Waals surface area contributed by atoms with Gasteiger partial charge < -0.3 is 9.30 Å². The van der Waals surface area contributed by atoms with E-state index >= 15 is 0 Å². The van der Waals surface area contributed by atoms with Crippen LogP contribution in [0.3, 0.4) is 0 Å². The first-order valence-corrected chi connectivity index (χ1v) is 12.0. The van der Waals surface area contributed by atoms with Crippen molar-refractivity contribution in [3.05, 3.63) is 116 Å².